The van der Waals surface area contributed by atoms with Gasteiger partial charge in [-0.2, -0.15) is 0 Å². The SMILES string of the molecule is Cc1c(-c2c3oc4cc(-n5c6ccccc6c6ccccc65)ccc4c3cc[n+]2C)[se]c2ccccc12. The molecule has 0 atom stereocenters. The number of fused-ring (bicyclic) bond motifs is 7. The van der Waals surface area contributed by atoms with Gasteiger partial charge in [0.25, 0.3) is 0 Å². The van der Waals surface area contributed by atoms with Crippen molar-refractivity contribution in [2.24, 2.45) is 7.05 Å². The van der Waals surface area contributed by atoms with E-state index in [-0.39, 0.29) is 14.5 Å². The molecule has 0 spiro atoms. The first-order valence-corrected chi connectivity index (χ1v) is 14.2. The minimum atomic E-state index is 0.250. The summed E-state index contributed by atoms with van der Waals surface area (Å²) in [5.41, 5.74) is 7.98. The summed E-state index contributed by atoms with van der Waals surface area (Å²) in [5.74, 6) is 0. The minimum absolute atomic E-state index is 0.250. The normalized spacial score (nSPS) is 12.1. The summed E-state index contributed by atoms with van der Waals surface area (Å²) in [4.78, 5) is 0. The van der Waals surface area contributed by atoms with Gasteiger partial charge in [-0.3, -0.25) is 0 Å². The van der Waals surface area contributed by atoms with Gasteiger partial charge in [-0.25, -0.2) is 0 Å². The zero-order valence-electron chi connectivity index (χ0n) is 20.5. The second-order valence-corrected chi connectivity index (χ2v) is 11.9. The van der Waals surface area contributed by atoms with E-state index in [1.807, 2.05) is 0 Å². The van der Waals surface area contributed by atoms with E-state index in [9.17, 15) is 0 Å². The van der Waals surface area contributed by atoms with E-state index in [0.717, 1.165) is 22.2 Å². The van der Waals surface area contributed by atoms with E-state index >= 15 is 0 Å². The number of rotatable bonds is 2. The van der Waals surface area contributed by atoms with E-state index < -0.39 is 0 Å². The van der Waals surface area contributed by atoms with Crippen LogP contribution in [0.25, 0.3) is 69.2 Å². The van der Waals surface area contributed by atoms with Crippen LogP contribution >= 0.6 is 0 Å². The number of hydrogen-bond donors (Lipinski definition) is 0. The Kier molecular flexibility index (Phi) is 4.37. The third-order valence-corrected chi connectivity index (χ3v) is 10.3. The molecule has 0 aliphatic rings. The number of furan rings is 1. The molecule has 4 heteroatoms. The summed E-state index contributed by atoms with van der Waals surface area (Å²) in [7, 11) is 2.13. The van der Waals surface area contributed by atoms with Gasteiger partial charge >= 0.3 is 220 Å². The zero-order valence-corrected chi connectivity index (χ0v) is 22.2. The molecule has 0 unspecified atom stereocenters. The van der Waals surface area contributed by atoms with Crippen LogP contribution in [-0.4, -0.2) is 19.1 Å². The van der Waals surface area contributed by atoms with Crippen molar-refractivity contribution in [2.75, 3.05) is 0 Å². The van der Waals surface area contributed by atoms with Crippen molar-refractivity contribution in [3.8, 4) is 15.8 Å². The van der Waals surface area contributed by atoms with Crippen LogP contribution in [0.15, 0.2) is 108 Å². The molecule has 0 aliphatic heterocycles. The maximum absolute atomic E-state index is 6.73. The number of nitrogens with zero attached hydrogens (tertiary/aromatic N) is 2. The predicted molar refractivity (Wildman–Crippen MR) is 154 cm³/mol. The Morgan fingerprint density at radius 1 is 0.703 bits per heavy atom. The Bertz CT molecular complexity index is 2120. The zero-order chi connectivity index (χ0) is 24.7. The summed E-state index contributed by atoms with van der Waals surface area (Å²) in [6.45, 7) is 2.25. The molecule has 0 N–H and O–H groups in total. The van der Waals surface area contributed by atoms with Crippen molar-refractivity contribution in [1.82, 2.24) is 4.57 Å². The molecule has 4 heterocycles. The molecule has 4 aromatic heterocycles. The second-order valence-electron chi connectivity index (χ2n) is 9.72. The van der Waals surface area contributed by atoms with Gasteiger partial charge in [0.1, 0.15) is 0 Å². The van der Waals surface area contributed by atoms with Crippen molar-refractivity contribution in [3.05, 3.63) is 109 Å². The first kappa shape index (κ1) is 21.0. The van der Waals surface area contributed by atoms with Gasteiger partial charge in [-0.1, -0.05) is 0 Å². The summed E-state index contributed by atoms with van der Waals surface area (Å²) in [6.07, 6.45) is 2.17. The van der Waals surface area contributed by atoms with Crippen LogP contribution in [0.1, 0.15) is 5.56 Å². The van der Waals surface area contributed by atoms with E-state index in [0.29, 0.717) is 0 Å². The van der Waals surface area contributed by atoms with Crippen LogP contribution < -0.4 is 4.57 Å². The molecular weight excluding hydrogens is 519 g/mol. The van der Waals surface area contributed by atoms with Crippen molar-refractivity contribution in [2.45, 2.75) is 6.92 Å². The first-order chi connectivity index (χ1) is 18.2. The fourth-order valence-electron chi connectivity index (χ4n) is 5.87. The molecule has 0 amide bonds. The van der Waals surface area contributed by atoms with E-state index in [2.05, 4.69) is 126 Å². The Hall–Kier alpha value is -4.11. The van der Waals surface area contributed by atoms with Gasteiger partial charge in [0, 0.05) is 0 Å². The Balaban J connectivity index is 1.41. The molecule has 0 fully saturated rings. The number of pyridine rings is 1. The second kappa shape index (κ2) is 7.69. The molecule has 0 aliphatic carbocycles. The summed E-state index contributed by atoms with van der Waals surface area (Å²) >= 11 is 0.250. The third kappa shape index (κ3) is 2.91. The van der Waals surface area contributed by atoms with Crippen molar-refractivity contribution in [3.63, 3.8) is 0 Å². The predicted octanol–water partition coefficient (Wildman–Crippen LogP) is 7.69. The van der Waals surface area contributed by atoms with Crippen LogP contribution in [0, 0.1) is 6.92 Å². The Morgan fingerprint density at radius 3 is 2.11 bits per heavy atom. The Morgan fingerprint density at radius 2 is 1.38 bits per heavy atom. The summed E-state index contributed by atoms with van der Waals surface area (Å²) < 4.78 is 14.2. The van der Waals surface area contributed by atoms with E-state index in [4.69, 9.17) is 4.42 Å². The average Bonchev–Trinajstić information content (AvgIpc) is 3.58. The fraction of sp³-hybridized carbons (Fsp3) is 0.0606. The van der Waals surface area contributed by atoms with Gasteiger partial charge in [-0.15, -0.1) is 0 Å². The molecule has 4 aromatic carbocycles. The number of aromatic nitrogens is 2. The van der Waals surface area contributed by atoms with Crippen molar-refractivity contribution < 1.29 is 8.98 Å². The molecule has 8 aromatic rings. The van der Waals surface area contributed by atoms with Crippen molar-refractivity contribution in [1.29, 1.82) is 0 Å². The van der Waals surface area contributed by atoms with Crippen LogP contribution in [0.4, 0.5) is 0 Å². The number of hydrogen-bond acceptors (Lipinski definition) is 1. The number of aryl methyl sites for hydroxylation is 2. The maximum atomic E-state index is 6.73. The van der Waals surface area contributed by atoms with Crippen molar-refractivity contribution >= 4 is 67.9 Å². The number of para-hydroxylation sites is 2. The fourth-order valence-corrected chi connectivity index (χ4v) is 8.59. The molecule has 0 saturated heterocycles. The molecule has 3 nitrogen and oxygen atoms in total. The van der Waals surface area contributed by atoms with Gasteiger partial charge < -0.3 is 0 Å². The number of benzene rings is 4. The van der Waals surface area contributed by atoms with Gasteiger partial charge in [0.2, 0.25) is 0 Å². The summed E-state index contributed by atoms with van der Waals surface area (Å²) in [5, 5.41) is 6.23. The van der Waals surface area contributed by atoms with Crippen LogP contribution in [-0.2, 0) is 7.05 Å². The first-order valence-electron chi connectivity index (χ1n) is 12.5. The molecule has 176 valence electrons. The molecule has 8 rings (SSSR count). The molecule has 0 radical (unpaired) electrons. The van der Waals surface area contributed by atoms with E-state index in [1.54, 1.807) is 0 Å². The Labute approximate surface area is 219 Å². The quantitative estimate of drug-likeness (QED) is 0.162. The monoisotopic (exact) mass is 543 g/mol. The van der Waals surface area contributed by atoms with Crippen LogP contribution in [0.5, 0.6) is 0 Å². The molecule has 0 bridgehead atoms. The molecule has 0 saturated carbocycles. The van der Waals surface area contributed by atoms with Gasteiger partial charge in [0.05, 0.1) is 0 Å². The standard InChI is InChI=1S/C33H23N2OSe/c1-20-22-9-5-8-14-30(22)37-33(20)31-32-26(17-18-34(31)2)25-16-15-21(19-29(25)36-32)35-27-12-6-3-10-23(27)24-11-4-7-13-28(24)35/h3-19H,1-2H3/q+1. The van der Waals surface area contributed by atoms with Gasteiger partial charge in [-0.05, 0) is 0 Å². The third-order valence-electron chi connectivity index (χ3n) is 7.64. The van der Waals surface area contributed by atoms with Gasteiger partial charge in [0.15, 0.2) is 0 Å². The topological polar surface area (TPSA) is 21.9 Å². The summed E-state index contributed by atoms with van der Waals surface area (Å²) in [6, 6.07) is 34.9. The van der Waals surface area contributed by atoms with E-state index in [1.165, 1.54) is 52.5 Å². The van der Waals surface area contributed by atoms with Crippen LogP contribution in [0.3, 0.4) is 0 Å². The van der Waals surface area contributed by atoms with Crippen LogP contribution in [0.2, 0.25) is 0 Å². The average molecular weight is 543 g/mol. The molecular formula is C33H23N2OSe+. The molecule has 37 heavy (non-hydrogen) atoms.